The van der Waals surface area contributed by atoms with Crippen LogP contribution in [0.25, 0.3) is 33.4 Å². The van der Waals surface area contributed by atoms with Crippen LogP contribution >= 0.6 is 0 Å². The molecule has 0 spiro atoms. The zero-order valence-corrected chi connectivity index (χ0v) is 23.0. The number of anilines is 3. The fourth-order valence-corrected chi connectivity index (χ4v) is 4.58. The molecule has 8 nitrogen and oxygen atoms in total. The summed E-state index contributed by atoms with van der Waals surface area (Å²) in [4.78, 5) is 27.4. The molecule has 0 fully saturated rings. The Labute approximate surface area is 223 Å². The van der Waals surface area contributed by atoms with Gasteiger partial charge in [0, 0.05) is 79.6 Å². The highest BCUT2D eigenvalue weighted by Gasteiger charge is 2.23. The number of hydrogen-bond donors (Lipinski definition) is 2. The standard InChI is InChI=1S/C28H31N3O5.C2H6/c1-5-31(12-6-7-27(33)34)23-16-24(35-4)21(15-22(23)30(2)3)28-19-10-8-17(29)13-25(19)36-26-14-18(32)9-11-20(26)28;1-2/h8-11,13-16H,5-7,12,29H2,1-4H3,(H,33,34);1-2H3. The van der Waals surface area contributed by atoms with Crippen LogP contribution in [0.1, 0.15) is 33.6 Å². The minimum Gasteiger partial charge on any atom is -0.496 e. The number of ether oxygens (including phenoxy) is 1. The zero-order chi connectivity index (χ0) is 28.0. The molecule has 2 aliphatic rings. The predicted octanol–water partition coefficient (Wildman–Crippen LogP) is 5.94. The number of hydrogen-bond acceptors (Lipinski definition) is 7. The number of methoxy groups -OCH3 is 1. The molecule has 1 heterocycles. The van der Waals surface area contributed by atoms with Crippen LogP contribution < -0.4 is 25.7 Å². The molecular weight excluding hydrogens is 482 g/mol. The molecule has 0 saturated carbocycles. The molecule has 0 radical (unpaired) electrons. The molecule has 0 unspecified atom stereocenters. The van der Waals surface area contributed by atoms with Crippen LogP contribution in [0.3, 0.4) is 0 Å². The SMILES string of the molecule is CC.CCN(CCCC(=O)O)c1cc(OC)c(-c2c3ccc(=O)cc-3oc3cc(N)ccc23)cc1N(C)C. The third-order valence-corrected chi connectivity index (χ3v) is 6.31. The first-order valence-electron chi connectivity index (χ1n) is 12.9. The van der Waals surface area contributed by atoms with E-state index in [1.54, 1.807) is 19.2 Å². The van der Waals surface area contributed by atoms with Gasteiger partial charge in [-0.3, -0.25) is 9.59 Å². The van der Waals surface area contributed by atoms with E-state index in [4.69, 9.17) is 20.0 Å². The predicted molar refractivity (Wildman–Crippen MR) is 156 cm³/mol. The van der Waals surface area contributed by atoms with Crippen molar-refractivity contribution in [2.75, 3.05) is 49.8 Å². The lowest BCUT2D eigenvalue weighted by Gasteiger charge is -2.30. The van der Waals surface area contributed by atoms with Crippen molar-refractivity contribution in [3.05, 3.63) is 58.8 Å². The molecule has 202 valence electrons. The van der Waals surface area contributed by atoms with Crippen molar-refractivity contribution in [3.63, 3.8) is 0 Å². The Kier molecular flexibility index (Phi) is 9.23. The van der Waals surface area contributed by atoms with E-state index in [9.17, 15) is 9.59 Å². The number of carboxylic acid groups (broad SMARTS) is 1. The summed E-state index contributed by atoms with van der Waals surface area (Å²) in [5.41, 5.74) is 11.5. The van der Waals surface area contributed by atoms with E-state index in [0.717, 1.165) is 33.5 Å². The van der Waals surface area contributed by atoms with Crippen molar-refractivity contribution in [2.24, 2.45) is 0 Å². The second-order valence-electron chi connectivity index (χ2n) is 8.90. The van der Waals surface area contributed by atoms with Gasteiger partial charge in [0.15, 0.2) is 5.43 Å². The van der Waals surface area contributed by atoms with Crippen LogP contribution in [0, 0.1) is 0 Å². The summed E-state index contributed by atoms with van der Waals surface area (Å²) >= 11 is 0. The highest BCUT2D eigenvalue weighted by molar-refractivity contribution is 6.05. The Morgan fingerprint density at radius 3 is 2.39 bits per heavy atom. The lowest BCUT2D eigenvalue weighted by Crippen LogP contribution is -2.27. The number of nitrogens with zero attached hydrogens (tertiary/aromatic N) is 2. The van der Waals surface area contributed by atoms with Gasteiger partial charge < -0.3 is 29.8 Å². The van der Waals surface area contributed by atoms with Gasteiger partial charge in [-0.05, 0) is 43.7 Å². The molecule has 1 aliphatic carbocycles. The smallest absolute Gasteiger partial charge is 0.303 e. The first-order valence-corrected chi connectivity index (χ1v) is 12.9. The van der Waals surface area contributed by atoms with Gasteiger partial charge in [-0.25, -0.2) is 0 Å². The van der Waals surface area contributed by atoms with E-state index in [1.807, 2.05) is 58.0 Å². The van der Waals surface area contributed by atoms with Crippen LogP contribution in [0.15, 0.2) is 57.7 Å². The second-order valence-corrected chi connectivity index (χ2v) is 8.90. The molecule has 0 bridgehead atoms. The lowest BCUT2D eigenvalue weighted by atomic mass is 9.92. The maximum Gasteiger partial charge on any atom is 0.303 e. The van der Waals surface area contributed by atoms with Crippen molar-refractivity contribution in [2.45, 2.75) is 33.6 Å². The number of nitrogens with two attached hydrogens (primary N) is 1. The monoisotopic (exact) mass is 519 g/mol. The van der Waals surface area contributed by atoms with Crippen molar-refractivity contribution in [3.8, 4) is 28.2 Å². The number of aliphatic carboxylic acids is 1. The topological polar surface area (TPSA) is 109 Å². The number of carbonyl (C=O) groups is 1. The zero-order valence-electron chi connectivity index (χ0n) is 23.0. The average molecular weight is 520 g/mol. The third kappa shape index (κ3) is 5.85. The molecule has 2 aromatic rings. The molecule has 1 aliphatic heterocycles. The van der Waals surface area contributed by atoms with Crippen molar-refractivity contribution in [1.82, 2.24) is 0 Å². The summed E-state index contributed by atoms with van der Waals surface area (Å²) in [5, 5.41) is 9.93. The lowest BCUT2D eigenvalue weighted by molar-refractivity contribution is -0.137. The number of fused-ring (bicyclic) bond motifs is 2. The summed E-state index contributed by atoms with van der Waals surface area (Å²) < 4.78 is 12.0. The number of carboxylic acids is 1. The summed E-state index contributed by atoms with van der Waals surface area (Å²) in [5.74, 6) is 0.322. The minimum absolute atomic E-state index is 0.110. The summed E-state index contributed by atoms with van der Waals surface area (Å²) in [6.45, 7) is 7.36. The normalized spacial score (nSPS) is 10.7. The van der Waals surface area contributed by atoms with Crippen LogP contribution in [0.2, 0.25) is 0 Å². The van der Waals surface area contributed by atoms with Crippen molar-refractivity contribution < 1.29 is 19.1 Å². The van der Waals surface area contributed by atoms with E-state index >= 15 is 0 Å². The average Bonchev–Trinajstić information content (AvgIpc) is 2.90. The molecule has 2 aromatic carbocycles. The molecule has 38 heavy (non-hydrogen) atoms. The number of rotatable bonds is 9. The van der Waals surface area contributed by atoms with Gasteiger partial charge in [0.2, 0.25) is 0 Å². The van der Waals surface area contributed by atoms with Crippen LogP contribution in [-0.2, 0) is 4.79 Å². The van der Waals surface area contributed by atoms with Gasteiger partial charge in [-0.1, -0.05) is 13.8 Å². The molecular formula is C30H37N3O5. The third-order valence-electron chi connectivity index (χ3n) is 6.31. The fraction of sp³-hybridized carbons (Fsp3) is 0.333. The quantitative estimate of drug-likeness (QED) is 0.207. The number of nitrogen functional groups attached to an aromatic ring is 1. The Morgan fingerprint density at radius 2 is 1.76 bits per heavy atom. The van der Waals surface area contributed by atoms with Gasteiger partial charge in [0.25, 0.3) is 0 Å². The summed E-state index contributed by atoms with van der Waals surface area (Å²) in [7, 11) is 5.58. The first kappa shape index (κ1) is 28.4. The van der Waals surface area contributed by atoms with E-state index in [0.29, 0.717) is 42.3 Å². The maximum absolute atomic E-state index is 12.1. The highest BCUT2D eigenvalue weighted by atomic mass is 16.5. The van der Waals surface area contributed by atoms with Gasteiger partial charge in [0.05, 0.1) is 18.5 Å². The molecule has 3 N–H and O–H groups in total. The Morgan fingerprint density at radius 1 is 1.03 bits per heavy atom. The highest BCUT2D eigenvalue weighted by Crippen LogP contribution is 2.47. The van der Waals surface area contributed by atoms with Crippen LogP contribution in [-0.4, -0.2) is 45.4 Å². The molecule has 0 atom stereocenters. The Balaban J connectivity index is 0.00000195. The summed E-state index contributed by atoms with van der Waals surface area (Å²) in [6.07, 6.45) is 0.647. The summed E-state index contributed by atoms with van der Waals surface area (Å²) in [6, 6.07) is 14.4. The number of benzene rings is 3. The largest absolute Gasteiger partial charge is 0.496 e. The second kappa shape index (κ2) is 12.4. The van der Waals surface area contributed by atoms with Crippen molar-refractivity contribution in [1.29, 1.82) is 0 Å². The fourth-order valence-electron chi connectivity index (χ4n) is 4.58. The van der Waals surface area contributed by atoms with Gasteiger partial charge in [-0.15, -0.1) is 0 Å². The Hall–Kier alpha value is -4.20. The Bertz CT molecular complexity index is 1440. The van der Waals surface area contributed by atoms with E-state index < -0.39 is 5.97 Å². The van der Waals surface area contributed by atoms with E-state index in [-0.39, 0.29) is 11.8 Å². The van der Waals surface area contributed by atoms with Crippen molar-refractivity contribution >= 4 is 34.0 Å². The van der Waals surface area contributed by atoms with Gasteiger partial charge in [-0.2, -0.15) is 0 Å². The maximum atomic E-state index is 12.1. The molecule has 0 aromatic heterocycles. The first-order chi connectivity index (χ1) is 18.2. The van der Waals surface area contributed by atoms with Crippen LogP contribution in [0.5, 0.6) is 5.75 Å². The van der Waals surface area contributed by atoms with E-state index in [1.165, 1.54) is 12.1 Å². The van der Waals surface area contributed by atoms with Gasteiger partial charge >= 0.3 is 5.97 Å². The minimum atomic E-state index is -0.804. The molecule has 0 amide bonds. The molecule has 8 heteroatoms. The van der Waals surface area contributed by atoms with E-state index in [2.05, 4.69) is 11.0 Å². The molecule has 4 rings (SSSR count). The molecule has 0 saturated heterocycles. The van der Waals surface area contributed by atoms with Gasteiger partial charge in [0.1, 0.15) is 17.1 Å². The van der Waals surface area contributed by atoms with Crippen LogP contribution in [0.4, 0.5) is 17.1 Å².